The highest BCUT2D eigenvalue weighted by molar-refractivity contribution is 6.27. The van der Waals surface area contributed by atoms with E-state index in [-0.39, 0.29) is 17.2 Å². The predicted octanol–water partition coefficient (Wildman–Crippen LogP) is 1.75. The fourth-order valence-electron chi connectivity index (χ4n) is 1.06. The van der Waals surface area contributed by atoms with Gasteiger partial charge in [0.1, 0.15) is 23.1 Å². The van der Waals surface area contributed by atoms with Crippen LogP contribution in [0, 0.1) is 0 Å². The summed E-state index contributed by atoms with van der Waals surface area (Å²) >= 11 is 10.5. The minimum atomic E-state index is -0.946. The lowest BCUT2D eigenvalue weighted by molar-refractivity contribution is -0.135. The average Bonchev–Trinajstić information content (AvgIpc) is 2.38. The second kappa shape index (κ2) is 6.98. The number of halogens is 2. The zero-order valence-electron chi connectivity index (χ0n) is 9.02. The maximum atomic E-state index is 11.6. The van der Waals surface area contributed by atoms with Crippen molar-refractivity contribution < 1.29 is 23.9 Å². The van der Waals surface area contributed by atoms with Crippen molar-refractivity contribution in [2.45, 2.75) is 0 Å². The van der Waals surface area contributed by atoms with E-state index in [0.29, 0.717) is 0 Å². The minimum absolute atomic E-state index is 0.0319. The summed E-state index contributed by atoms with van der Waals surface area (Å²) < 4.78 is 9.22. The Labute approximate surface area is 113 Å². The highest BCUT2D eigenvalue weighted by Gasteiger charge is 2.18. The molecule has 1 aromatic rings. The van der Waals surface area contributed by atoms with E-state index in [9.17, 15) is 14.4 Å². The molecule has 0 N–H and O–H groups in total. The van der Waals surface area contributed by atoms with Crippen LogP contribution in [0.4, 0.5) is 0 Å². The number of alkyl halides is 2. The molecule has 0 heterocycles. The molecule has 1 rings (SSSR count). The summed E-state index contributed by atoms with van der Waals surface area (Å²) in [5.74, 6) is -3.39. The lowest BCUT2D eigenvalue weighted by atomic mass is 10.2. The molecule has 7 heteroatoms. The second-order valence-electron chi connectivity index (χ2n) is 3.00. The van der Waals surface area contributed by atoms with E-state index < -0.39 is 23.8 Å². The van der Waals surface area contributed by atoms with Gasteiger partial charge in [-0.15, -0.1) is 23.2 Å². The molecule has 0 unspecified atom stereocenters. The molecular formula is C11H8Cl2O5. The summed E-state index contributed by atoms with van der Waals surface area (Å²) in [6.45, 7) is 0. The molecule has 0 radical (unpaired) electrons. The molecule has 0 bridgehead atoms. The van der Waals surface area contributed by atoms with E-state index >= 15 is 0 Å². The topological polar surface area (TPSA) is 69.7 Å². The fraction of sp³-hybridized carbons (Fsp3) is 0.182. The van der Waals surface area contributed by atoms with Crippen molar-refractivity contribution in [3.8, 4) is 5.75 Å². The van der Waals surface area contributed by atoms with Gasteiger partial charge in [-0.05, 0) is 12.1 Å². The smallest absolute Gasteiger partial charge is 0.349 e. The van der Waals surface area contributed by atoms with Gasteiger partial charge in [-0.25, -0.2) is 4.79 Å². The molecular weight excluding hydrogens is 283 g/mol. The third kappa shape index (κ3) is 4.01. The Kier molecular flexibility index (Phi) is 5.61. The van der Waals surface area contributed by atoms with Crippen LogP contribution in [0.3, 0.4) is 0 Å². The first-order chi connectivity index (χ1) is 8.58. The number of para-hydroxylation sites is 1. The first-order valence-corrected chi connectivity index (χ1v) is 5.82. The monoisotopic (exact) mass is 290 g/mol. The van der Waals surface area contributed by atoms with Gasteiger partial charge in [0.05, 0.1) is 0 Å². The third-order valence-corrected chi connectivity index (χ3v) is 2.19. The van der Waals surface area contributed by atoms with Gasteiger partial charge in [0.15, 0.2) is 0 Å². The zero-order chi connectivity index (χ0) is 13.5. The lowest BCUT2D eigenvalue weighted by Gasteiger charge is -2.07. The third-order valence-electron chi connectivity index (χ3n) is 1.76. The van der Waals surface area contributed by atoms with Crippen LogP contribution in [0.1, 0.15) is 10.4 Å². The summed E-state index contributed by atoms with van der Waals surface area (Å²) in [5.41, 5.74) is -0.0607. The lowest BCUT2D eigenvalue weighted by Crippen LogP contribution is -2.16. The number of hydrogen-bond acceptors (Lipinski definition) is 5. The number of carbonyl (C=O) groups is 3. The van der Waals surface area contributed by atoms with Gasteiger partial charge in [-0.1, -0.05) is 12.1 Å². The summed E-state index contributed by atoms with van der Waals surface area (Å²) in [6, 6.07) is 5.81. The summed E-state index contributed by atoms with van der Waals surface area (Å²) in [6.07, 6.45) is 0. The molecule has 0 saturated carbocycles. The van der Waals surface area contributed by atoms with Crippen LogP contribution in [0.15, 0.2) is 24.3 Å². The Bertz CT molecular complexity index is 472. The van der Waals surface area contributed by atoms with Gasteiger partial charge < -0.3 is 9.47 Å². The SMILES string of the molecule is O=C(CCl)OC(=O)c1ccccc1OC(=O)CCl. The minimum Gasteiger partial charge on any atom is -0.425 e. The number of benzene rings is 1. The molecule has 96 valence electrons. The Balaban J connectivity index is 2.91. The Morgan fingerprint density at radius 2 is 1.61 bits per heavy atom. The number of carbonyl (C=O) groups excluding carboxylic acids is 3. The van der Waals surface area contributed by atoms with Crippen LogP contribution in [-0.4, -0.2) is 29.7 Å². The molecule has 0 aromatic heterocycles. The van der Waals surface area contributed by atoms with Crippen molar-refractivity contribution >= 4 is 41.1 Å². The standard InChI is InChI=1S/C11H8Cl2O5/c12-5-9(14)17-8-4-2-1-3-7(8)11(16)18-10(15)6-13/h1-4H,5-6H2. The maximum Gasteiger partial charge on any atom is 0.349 e. The molecule has 0 atom stereocenters. The van der Waals surface area contributed by atoms with Crippen molar-refractivity contribution in [2.75, 3.05) is 11.8 Å². The first kappa shape index (κ1) is 14.5. The van der Waals surface area contributed by atoms with Gasteiger partial charge in [0.25, 0.3) is 0 Å². The van der Waals surface area contributed by atoms with Crippen LogP contribution in [0.25, 0.3) is 0 Å². The van der Waals surface area contributed by atoms with Crippen LogP contribution in [0.5, 0.6) is 5.75 Å². The van der Waals surface area contributed by atoms with Gasteiger partial charge in [-0.3, -0.25) is 9.59 Å². The summed E-state index contributed by atoms with van der Waals surface area (Å²) in [4.78, 5) is 33.5. The Hall–Kier alpha value is -1.59. The number of rotatable bonds is 4. The van der Waals surface area contributed by atoms with Crippen LogP contribution < -0.4 is 4.74 Å². The van der Waals surface area contributed by atoms with Crippen molar-refractivity contribution in [2.24, 2.45) is 0 Å². The van der Waals surface area contributed by atoms with Crippen LogP contribution >= 0.6 is 23.2 Å². The molecule has 0 fully saturated rings. The average molecular weight is 291 g/mol. The van der Waals surface area contributed by atoms with E-state index in [2.05, 4.69) is 4.74 Å². The van der Waals surface area contributed by atoms with E-state index in [1.54, 1.807) is 6.07 Å². The van der Waals surface area contributed by atoms with Crippen molar-refractivity contribution in [3.05, 3.63) is 29.8 Å². The van der Waals surface area contributed by atoms with E-state index in [4.69, 9.17) is 27.9 Å². The maximum absolute atomic E-state index is 11.6. The number of esters is 3. The molecule has 1 aromatic carbocycles. The van der Waals surface area contributed by atoms with Gasteiger partial charge in [0.2, 0.25) is 0 Å². The van der Waals surface area contributed by atoms with E-state index in [1.165, 1.54) is 18.2 Å². The van der Waals surface area contributed by atoms with Crippen molar-refractivity contribution in [3.63, 3.8) is 0 Å². The largest absolute Gasteiger partial charge is 0.425 e. The molecule has 0 aliphatic rings. The van der Waals surface area contributed by atoms with Crippen molar-refractivity contribution in [1.29, 1.82) is 0 Å². The molecule has 18 heavy (non-hydrogen) atoms. The molecule has 5 nitrogen and oxygen atoms in total. The predicted molar refractivity (Wildman–Crippen MR) is 63.9 cm³/mol. The number of ether oxygens (including phenoxy) is 2. The zero-order valence-corrected chi connectivity index (χ0v) is 10.5. The molecule has 0 aliphatic carbocycles. The van der Waals surface area contributed by atoms with E-state index in [0.717, 1.165) is 0 Å². The second-order valence-corrected chi connectivity index (χ2v) is 3.53. The highest BCUT2D eigenvalue weighted by atomic mass is 35.5. The quantitative estimate of drug-likeness (QED) is 0.366. The van der Waals surface area contributed by atoms with Crippen LogP contribution in [0.2, 0.25) is 0 Å². The molecule has 0 saturated heterocycles. The summed E-state index contributed by atoms with van der Waals surface area (Å²) in [5, 5.41) is 0. The fourth-order valence-corrected chi connectivity index (χ4v) is 1.17. The highest BCUT2D eigenvalue weighted by Crippen LogP contribution is 2.19. The molecule has 0 spiro atoms. The normalized spacial score (nSPS) is 9.67. The van der Waals surface area contributed by atoms with Crippen LogP contribution in [-0.2, 0) is 14.3 Å². The van der Waals surface area contributed by atoms with Crippen molar-refractivity contribution in [1.82, 2.24) is 0 Å². The Morgan fingerprint density at radius 3 is 2.22 bits per heavy atom. The van der Waals surface area contributed by atoms with Gasteiger partial charge in [-0.2, -0.15) is 0 Å². The first-order valence-electron chi connectivity index (χ1n) is 4.75. The molecule has 0 aliphatic heterocycles. The Morgan fingerprint density at radius 1 is 1.00 bits per heavy atom. The van der Waals surface area contributed by atoms with E-state index in [1.807, 2.05) is 0 Å². The van der Waals surface area contributed by atoms with Gasteiger partial charge >= 0.3 is 17.9 Å². The van der Waals surface area contributed by atoms with Gasteiger partial charge in [0, 0.05) is 0 Å². The number of hydrogen-bond donors (Lipinski definition) is 0. The summed E-state index contributed by atoms with van der Waals surface area (Å²) in [7, 11) is 0. The molecule has 0 amide bonds.